The molecule has 0 radical (unpaired) electrons. The highest BCUT2D eigenvalue weighted by atomic mass is 32.2. The summed E-state index contributed by atoms with van der Waals surface area (Å²) in [6, 6.07) is -3.53. The summed E-state index contributed by atoms with van der Waals surface area (Å²) in [7, 11) is 0. The van der Waals surface area contributed by atoms with Gasteiger partial charge in [-0.3, -0.25) is 14.4 Å². The molecular weight excluding hydrogens is 444 g/mol. The van der Waals surface area contributed by atoms with Gasteiger partial charge in [-0.15, -0.1) is 0 Å². The van der Waals surface area contributed by atoms with Crippen LogP contribution in [0.4, 0.5) is 0 Å². The van der Waals surface area contributed by atoms with E-state index < -0.39 is 47.9 Å². The van der Waals surface area contributed by atoms with Gasteiger partial charge in [0.2, 0.25) is 17.7 Å². The molecule has 0 heterocycles. The lowest BCUT2D eigenvalue weighted by Crippen LogP contribution is -2.58. The summed E-state index contributed by atoms with van der Waals surface area (Å²) in [6.45, 7) is 11.5. The van der Waals surface area contributed by atoms with Crippen molar-refractivity contribution in [1.29, 1.82) is 0 Å². The Labute approximate surface area is 202 Å². The van der Waals surface area contributed by atoms with Gasteiger partial charge < -0.3 is 26.8 Å². The highest BCUT2D eigenvalue weighted by molar-refractivity contribution is 7.98. The first-order valence-corrected chi connectivity index (χ1v) is 13.1. The molecule has 5 unspecified atom stereocenters. The predicted octanol–water partition coefficient (Wildman–Crippen LogP) is 1.74. The smallest absolute Gasteiger partial charge is 0.326 e. The molecule has 6 N–H and O–H groups in total. The molecule has 0 bridgehead atoms. The molecule has 192 valence electrons. The van der Waals surface area contributed by atoms with Gasteiger partial charge in [0.25, 0.3) is 0 Å². The molecule has 10 heteroatoms. The van der Waals surface area contributed by atoms with Gasteiger partial charge in [0, 0.05) is 0 Å². The third-order valence-electron chi connectivity index (χ3n) is 5.47. The number of thioether (sulfide) groups is 1. The normalized spacial score (nSPS) is 15.9. The van der Waals surface area contributed by atoms with Crippen molar-refractivity contribution in [2.24, 2.45) is 23.5 Å². The molecule has 0 aliphatic heterocycles. The lowest BCUT2D eigenvalue weighted by Gasteiger charge is -2.27. The van der Waals surface area contributed by atoms with Crippen molar-refractivity contribution in [1.82, 2.24) is 16.0 Å². The van der Waals surface area contributed by atoms with Gasteiger partial charge in [-0.25, -0.2) is 4.79 Å². The number of nitrogens with two attached hydrogens (primary N) is 1. The van der Waals surface area contributed by atoms with E-state index in [1.54, 1.807) is 0 Å². The lowest BCUT2D eigenvalue weighted by atomic mass is 9.97. The van der Waals surface area contributed by atoms with Gasteiger partial charge in [-0.1, -0.05) is 48.0 Å². The van der Waals surface area contributed by atoms with E-state index in [2.05, 4.69) is 16.0 Å². The van der Waals surface area contributed by atoms with Gasteiger partial charge >= 0.3 is 5.97 Å². The SMILES string of the molecule is CCC(C)C(N)C(=O)NC(CC(C)C)C(=O)NC(CC(C)C)C(=O)NC(CCSC)C(=O)O. The Morgan fingerprint density at radius 1 is 0.818 bits per heavy atom. The summed E-state index contributed by atoms with van der Waals surface area (Å²) in [6.07, 6.45) is 3.59. The number of carbonyl (C=O) groups is 4. The molecule has 9 nitrogen and oxygen atoms in total. The van der Waals surface area contributed by atoms with Crippen LogP contribution in [0, 0.1) is 17.8 Å². The Balaban J connectivity index is 5.50. The van der Waals surface area contributed by atoms with Crippen molar-refractivity contribution < 1.29 is 24.3 Å². The molecule has 0 saturated heterocycles. The van der Waals surface area contributed by atoms with E-state index in [1.807, 2.05) is 47.8 Å². The zero-order chi connectivity index (χ0) is 25.7. The van der Waals surface area contributed by atoms with Crippen LogP contribution in [0.5, 0.6) is 0 Å². The maximum Gasteiger partial charge on any atom is 0.326 e. The molecule has 0 spiro atoms. The van der Waals surface area contributed by atoms with Crippen LogP contribution in [-0.2, 0) is 19.2 Å². The fourth-order valence-electron chi connectivity index (χ4n) is 3.22. The summed E-state index contributed by atoms with van der Waals surface area (Å²) < 4.78 is 0. The molecule has 0 aromatic heterocycles. The quantitative estimate of drug-likeness (QED) is 0.222. The van der Waals surface area contributed by atoms with Crippen LogP contribution in [0.15, 0.2) is 0 Å². The Kier molecular flexibility index (Phi) is 15.1. The van der Waals surface area contributed by atoms with Gasteiger partial charge in [-0.2, -0.15) is 11.8 Å². The van der Waals surface area contributed by atoms with Crippen molar-refractivity contribution in [2.45, 2.75) is 91.4 Å². The largest absolute Gasteiger partial charge is 0.480 e. The standard InChI is InChI=1S/C23H44N4O5S/c1-8-15(6)19(24)22(30)27-18(12-14(4)5)21(29)26-17(11-13(2)3)20(28)25-16(23(31)32)9-10-33-7/h13-19H,8-12,24H2,1-7H3,(H,25,28)(H,26,29)(H,27,30)(H,31,32). The average Bonchev–Trinajstić information content (AvgIpc) is 2.73. The molecule has 0 rings (SSSR count). The highest BCUT2D eigenvalue weighted by Gasteiger charge is 2.31. The highest BCUT2D eigenvalue weighted by Crippen LogP contribution is 2.11. The van der Waals surface area contributed by atoms with Gasteiger partial charge in [-0.05, 0) is 49.0 Å². The van der Waals surface area contributed by atoms with Crippen LogP contribution in [-0.4, -0.2) is 65.0 Å². The summed E-state index contributed by atoms with van der Waals surface area (Å²) in [4.78, 5) is 50.1. The number of nitrogens with one attached hydrogen (secondary N) is 3. The molecule has 0 aliphatic rings. The second-order valence-electron chi connectivity index (χ2n) is 9.47. The lowest BCUT2D eigenvalue weighted by molar-refractivity contribution is -0.142. The predicted molar refractivity (Wildman–Crippen MR) is 133 cm³/mol. The van der Waals surface area contributed by atoms with E-state index in [9.17, 15) is 24.3 Å². The molecule has 33 heavy (non-hydrogen) atoms. The second kappa shape index (κ2) is 15.9. The van der Waals surface area contributed by atoms with Crippen LogP contribution in [0.3, 0.4) is 0 Å². The monoisotopic (exact) mass is 488 g/mol. The van der Waals surface area contributed by atoms with E-state index in [0.717, 1.165) is 6.42 Å². The van der Waals surface area contributed by atoms with Crippen LogP contribution < -0.4 is 21.7 Å². The molecule has 5 atom stereocenters. The van der Waals surface area contributed by atoms with Crippen LogP contribution in [0.25, 0.3) is 0 Å². The molecule has 0 saturated carbocycles. The minimum atomic E-state index is -1.11. The van der Waals surface area contributed by atoms with E-state index in [4.69, 9.17) is 5.73 Å². The van der Waals surface area contributed by atoms with E-state index in [0.29, 0.717) is 18.6 Å². The fraction of sp³-hybridized carbons (Fsp3) is 0.826. The average molecular weight is 489 g/mol. The van der Waals surface area contributed by atoms with E-state index in [-0.39, 0.29) is 24.2 Å². The molecular formula is C23H44N4O5S. The molecule has 0 fully saturated rings. The summed E-state index contributed by atoms with van der Waals surface area (Å²) in [5, 5.41) is 17.5. The number of aliphatic carboxylic acids is 1. The maximum absolute atomic E-state index is 13.1. The maximum atomic E-state index is 13.1. The second-order valence-corrected chi connectivity index (χ2v) is 10.5. The zero-order valence-corrected chi connectivity index (χ0v) is 22.0. The Hall–Kier alpha value is -1.81. The summed E-state index contributed by atoms with van der Waals surface area (Å²) >= 11 is 1.49. The molecule has 0 aromatic carbocycles. The molecule has 0 aromatic rings. The topological polar surface area (TPSA) is 151 Å². The first kappa shape index (κ1) is 31.2. The first-order chi connectivity index (χ1) is 15.3. The van der Waals surface area contributed by atoms with Gasteiger partial charge in [0.05, 0.1) is 6.04 Å². The van der Waals surface area contributed by atoms with E-state index in [1.165, 1.54) is 11.8 Å². The number of hydrogen-bond donors (Lipinski definition) is 5. The fourth-order valence-corrected chi connectivity index (χ4v) is 3.70. The number of carboxylic acid groups (broad SMARTS) is 1. The number of carbonyl (C=O) groups excluding carboxylic acids is 3. The zero-order valence-electron chi connectivity index (χ0n) is 21.1. The van der Waals surface area contributed by atoms with Crippen LogP contribution in [0.1, 0.15) is 67.2 Å². The van der Waals surface area contributed by atoms with E-state index >= 15 is 0 Å². The van der Waals surface area contributed by atoms with Crippen molar-refractivity contribution >= 4 is 35.5 Å². The summed E-state index contributed by atoms with van der Waals surface area (Å²) in [5.41, 5.74) is 6.02. The van der Waals surface area contributed by atoms with Crippen molar-refractivity contribution in [3.8, 4) is 0 Å². The van der Waals surface area contributed by atoms with Crippen LogP contribution in [0.2, 0.25) is 0 Å². The van der Waals surface area contributed by atoms with Crippen molar-refractivity contribution in [3.63, 3.8) is 0 Å². The molecule has 3 amide bonds. The Bertz CT molecular complexity index is 644. The van der Waals surface area contributed by atoms with Gasteiger partial charge in [0.15, 0.2) is 0 Å². The number of carboxylic acids is 1. The summed E-state index contributed by atoms with van der Waals surface area (Å²) in [5.74, 6) is -1.82. The Morgan fingerprint density at radius 2 is 1.24 bits per heavy atom. The first-order valence-electron chi connectivity index (χ1n) is 11.7. The van der Waals surface area contributed by atoms with Crippen LogP contribution >= 0.6 is 11.8 Å². The van der Waals surface area contributed by atoms with Gasteiger partial charge in [0.1, 0.15) is 18.1 Å². The Morgan fingerprint density at radius 3 is 1.61 bits per heavy atom. The minimum Gasteiger partial charge on any atom is -0.480 e. The third-order valence-corrected chi connectivity index (χ3v) is 6.11. The number of hydrogen-bond acceptors (Lipinski definition) is 6. The van der Waals surface area contributed by atoms with Crippen molar-refractivity contribution in [2.75, 3.05) is 12.0 Å². The molecule has 0 aliphatic carbocycles. The number of rotatable bonds is 16. The number of amides is 3. The third kappa shape index (κ3) is 12.3. The minimum absolute atomic E-state index is 0.0403. The van der Waals surface area contributed by atoms with Crippen molar-refractivity contribution in [3.05, 3.63) is 0 Å².